The Balaban J connectivity index is 1.55. The molecule has 0 unspecified atom stereocenters. The summed E-state index contributed by atoms with van der Waals surface area (Å²) in [6.45, 7) is 2.05. The smallest absolute Gasteiger partial charge is 0.234 e. The van der Waals surface area contributed by atoms with Crippen molar-refractivity contribution in [2.45, 2.75) is 18.5 Å². The lowest BCUT2D eigenvalue weighted by Gasteiger charge is -2.11. The van der Waals surface area contributed by atoms with E-state index in [0.717, 1.165) is 17.1 Å². The quantitative estimate of drug-likeness (QED) is 0.376. The Morgan fingerprint density at radius 3 is 2.52 bits per heavy atom. The number of hydrogen-bond acceptors (Lipinski definition) is 4. The van der Waals surface area contributed by atoms with E-state index in [2.05, 4.69) is 46.7 Å². The summed E-state index contributed by atoms with van der Waals surface area (Å²) in [6.07, 6.45) is 0.650. The standard InChI is InChI=1S/C24H21ClN4OS/c1-17-10-12-21(13-11-17)29-22(14-18-6-3-2-4-7-18)27-28-24(29)31-16-23(30)26-20-9-5-8-19(25)15-20/h2-13,15H,14,16H2,1H3,(H,26,30). The molecule has 4 aromatic rings. The van der Waals surface area contributed by atoms with Gasteiger partial charge in [-0.3, -0.25) is 9.36 Å². The highest BCUT2D eigenvalue weighted by Gasteiger charge is 2.16. The number of nitrogens with one attached hydrogen (secondary N) is 1. The zero-order valence-electron chi connectivity index (χ0n) is 17.0. The summed E-state index contributed by atoms with van der Waals surface area (Å²) in [5.74, 6) is 0.908. The highest BCUT2D eigenvalue weighted by molar-refractivity contribution is 7.99. The van der Waals surface area contributed by atoms with Gasteiger partial charge in [-0.2, -0.15) is 0 Å². The van der Waals surface area contributed by atoms with E-state index in [4.69, 9.17) is 11.6 Å². The molecule has 0 saturated carbocycles. The van der Waals surface area contributed by atoms with Gasteiger partial charge in [-0.25, -0.2) is 0 Å². The van der Waals surface area contributed by atoms with Crippen LogP contribution in [-0.4, -0.2) is 26.4 Å². The van der Waals surface area contributed by atoms with Gasteiger partial charge in [0.1, 0.15) is 5.82 Å². The van der Waals surface area contributed by atoms with E-state index < -0.39 is 0 Å². The average Bonchev–Trinajstić information content (AvgIpc) is 3.16. The number of aromatic nitrogens is 3. The summed E-state index contributed by atoms with van der Waals surface area (Å²) in [4.78, 5) is 12.5. The topological polar surface area (TPSA) is 59.8 Å². The molecule has 5 nitrogen and oxygen atoms in total. The van der Waals surface area contributed by atoms with E-state index in [0.29, 0.717) is 22.3 Å². The number of benzene rings is 3. The summed E-state index contributed by atoms with van der Waals surface area (Å²) in [5.41, 5.74) is 3.97. The molecular weight excluding hydrogens is 428 g/mol. The van der Waals surface area contributed by atoms with Gasteiger partial charge in [-0.1, -0.05) is 77.5 Å². The number of carbonyl (C=O) groups is 1. The van der Waals surface area contributed by atoms with Crippen molar-refractivity contribution in [3.63, 3.8) is 0 Å². The number of hydrogen-bond donors (Lipinski definition) is 1. The molecule has 0 saturated heterocycles. The van der Waals surface area contributed by atoms with Crippen molar-refractivity contribution in [2.75, 3.05) is 11.1 Å². The zero-order chi connectivity index (χ0) is 21.6. The van der Waals surface area contributed by atoms with Crippen molar-refractivity contribution in [3.8, 4) is 5.69 Å². The lowest BCUT2D eigenvalue weighted by Crippen LogP contribution is -2.14. The highest BCUT2D eigenvalue weighted by Crippen LogP contribution is 2.24. The first kappa shape index (κ1) is 21.2. The van der Waals surface area contributed by atoms with Crippen LogP contribution in [0.5, 0.6) is 0 Å². The van der Waals surface area contributed by atoms with E-state index in [-0.39, 0.29) is 11.7 Å². The fourth-order valence-electron chi connectivity index (χ4n) is 3.13. The minimum atomic E-state index is -0.129. The van der Waals surface area contributed by atoms with Gasteiger partial charge >= 0.3 is 0 Å². The Morgan fingerprint density at radius 1 is 1.00 bits per heavy atom. The van der Waals surface area contributed by atoms with E-state index in [1.165, 1.54) is 17.3 Å². The Kier molecular flexibility index (Phi) is 6.70. The second-order valence-corrected chi connectivity index (χ2v) is 8.46. The maximum Gasteiger partial charge on any atom is 0.234 e. The second kappa shape index (κ2) is 9.81. The number of carbonyl (C=O) groups excluding carboxylic acids is 1. The number of aryl methyl sites for hydroxylation is 1. The lowest BCUT2D eigenvalue weighted by atomic mass is 10.1. The van der Waals surface area contributed by atoms with Crippen molar-refractivity contribution < 1.29 is 4.79 Å². The first-order valence-corrected chi connectivity index (χ1v) is 11.2. The molecule has 1 amide bonds. The van der Waals surface area contributed by atoms with Gasteiger partial charge < -0.3 is 5.32 Å². The molecule has 0 aliphatic heterocycles. The van der Waals surface area contributed by atoms with Crippen LogP contribution in [0.25, 0.3) is 5.69 Å². The predicted octanol–water partition coefficient (Wildman–Crippen LogP) is 5.55. The van der Waals surface area contributed by atoms with E-state index in [9.17, 15) is 4.79 Å². The van der Waals surface area contributed by atoms with Gasteiger partial charge in [0.25, 0.3) is 0 Å². The normalized spacial score (nSPS) is 10.8. The fraction of sp³-hybridized carbons (Fsp3) is 0.125. The van der Waals surface area contributed by atoms with Gasteiger partial charge in [0, 0.05) is 22.8 Å². The molecule has 31 heavy (non-hydrogen) atoms. The minimum Gasteiger partial charge on any atom is -0.325 e. The molecule has 1 heterocycles. The third-order valence-electron chi connectivity index (χ3n) is 4.64. The molecule has 0 atom stereocenters. The number of nitrogens with zero attached hydrogens (tertiary/aromatic N) is 3. The summed E-state index contributed by atoms with van der Waals surface area (Å²) in [6, 6.07) is 25.5. The van der Waals surface area contributed by atoms with Crippen LogP contribution in [0.15, 0.2) is 84.0 Å². The van der Waals surface area contributed by atoms with E-state index in [1.807, 2.05) is 34.9 Å². The maximum atomic E-state index is 12.5. The van der Waals surface area contributed by atoms with Gasteiger partial charge in [0.2, 0.25) is 5.91 Å². The van der Waals surface area contributed by atoms with Gasteiger partial charge in [0.15, 0.2) is 5.16 Å². The number of thioether (sulfide) groups is 1. The van der Waals surface area contributed by atoms with Gasteiger partial charge in [-0.15, -0.1) is 10.2 Å². The predicted molar refractivity (Wildman–Crippen MR) is 126 cm³/mol. The fourth-order valence-corrected chi connectivity index (χ4v) is 4.09. The number of rotatable bonds is 7. The van der Waals surface area contributed by atoms with Crippen molar-refractivity contribution in [1.29, 1.82) is 0 Å². The van der Waals surface area contributed by atoms with Crippen LogP contribution in [0.3, 0.4) is 0 Å². The molecule has 4 rings (SSSR count). The van der Waals surface area contributed by atoms with E-state index >= 15 is 0 Å². The van der Waals surface area contributed by atoms with Crippen molar-refractivity contribution in [2.24, 2.45) is 0 Å². The highest BCUT2D eigenvalue weighted by atomic mass is 35.5. The molecular formula is C24H21ClN4OS. The van der Waals surface area contributed by atoms with E-state index in [1.54, 1.807) is 24.3 Å². The van der Waals surface area contributed by atoms with Crippen LogP contribution >= 0.6 is 23.4 Å². The number of amides is 1. The minimum absolute atomic E-state index is 0.129. The molecule has 156 valence electrons. The van der Waals surface area contributed by atoms with Crippen LogP contribution < -0.4 is 5.32 Å². The molecule has 0 aliphatic carbocycles. The third kappa shape index (κ3) is 5.54. The molecule has 3 aromatic carbocycles. The van der Waals surface area contributed by atoms with Crippen LogP contribution in [-0.2, 0) is 11.2 Å². The summed E-state index contributed by atoms with van der Waals surface area (Å²) < 4.78 is 2.02. The Bertz CT molecular complexity index is 1180. The average molecular weight is 449 g/mol. The number of anilines is 1. The summed E-state index contributed by atoms with van der Waals surface area (Å²) >= 11 is 7.35. The molecule has 1 aromatic heterocycles. The maximum absolute atomic E-state index is 12.5. The van der Waals surface area contributed by atoms with Crippen molar-refractivity contribution >= 4 is 35.0 Å². The second-order valence-electron chi connectivity index (χ2n) is 7.08. The molecule has 0 radical (unpaired) electrons. The SMILES string of the molecule is Cc1ccc(-n2c(Cc3ccccc3)nnc2SCC(=O)Nc2cccc(Cl)c2)cc1. The lowest BCUT2D eigenvalue weighted by molar-refractivity contribution is -0.113. The summed E-state index contributed by atoms with van der Waals surface area (Å²) in [7, 11) is 0. The summed E-state index contributed by atoms with van der Waals surface area (Å²) in [5, 5.41) is 12.9. The first-order chi connectivity index (χ1) is 15.1. The molecule has 0 bridgehead atoms. The van der Waals surface area contributed by atoms with Crippen LogP contribution in [0.2, 0.25) is 5.02 Å². The third-order valence-corrected chi connectivity index (χ3v) is 5.80. The molecule has 1 N–H and O–H groups in total. The van der Waals surface area contributed by atoms with Crippen molar-refractivity contribution in [1.82, 2.24) is 14.8 Å². The monoisotopic (exact) mass is 448 g/mol. The first-order valence-electron chi connectivity index (χ1n) is 9.82. The Labute approximate surface area is 190 Å². The van der Waals surface area contributed by atoms with Crippen LogP contribution in [0, 0.1) is 6.92 Å². The van der Waals surface area contributed by atoms with Gasteiger partial charge in [-0.05, 0) is 42.8 Å². The van der Waals surface area contributed by atoms with Crippen LogP contribution in [0.4, 0.5) is 5.69 Å². The zero-order valence-corrected chi connectivity index (χ0v) is 18.5. The number of halogens is 1. The Hall–Kier alpha value is -3.09. The molecule has 0 spiro atoms. The van der Waals surface area contributed by atoms with Crippen molar-refractivity contribution in [3.05, 3.63) is 101 Å². The Morgan fingerprint density at radius 2 is 1.77 bits per heavy atom. The largest absolute Gasteiger partial charge is 0.325 e. The van der Waals surface area contributed by atoms with Crippen LogP contribution in [0.1, 0.15) is 17.0 Å². The van der Waals surface area contributed by atoms with Gasteiger partial charge in [0.05, 0.1) is 5.75 Å². The molecule has 7 heteroatoms. The molecule has 0 fully saturated rings. The molecule has 0 aliphatic rings.